The lowest BCUT2D eigenvalue weighted by Crippen LogP contribution is -2.39. The van der Waals surface area contributed by atoms with Gasteiger partial charge < -0.3 is 10.4 Å². The number of fused-ring (bicyclic) bond motifs is 3. The summed E-state index contributed by atoms with van der Waals surface area (Å²) < 4.78 is 38.9. The van der Waals surface area contributed by atoms with Crippen LogP contribution in [0.2, 0.25) is 0 Å². The molecule has 4 rings (SSSR count). The number of aliphatic hydroxyl groups excluding tert-OH is 1. The second-order valence-electron chi connectivity index (χ2n) is 7.45. The molecule has 0 radical (unpaired) electrons. The molecule has 0 aromatic carbocycles. The average molecular weight is 405 g/mol. The van der Waals surface area contributed by atoms with E-state index < -0.39 is 37.6 Å². The van der Waals surface area contributed by atoms with Crippen molar-refractivity contribution in [3.63, 3.8) is 0 Å². The molecule has 1 amide bonds. The molecule has 1 fully saturated rings. The van der Waals surface area contributed by atoms with Crippen LogP contribution in [0, 0.1) is 17.2 Å². The number of aromatic nitrogens is 3. The van der Waals surface area contributed by atoms with E-state index in [1.807, 2.05) is 6.07 Å². The Kier molecular flexibility index (Phi) is 4.78. The van der Waals surface area contributed by atoms with E-state index in [1.165, 1.54) is 6.20 Å². The monoisotopic (exact) mass is 405 g/mol. The predicted molar refractivity (Wildman–Crippen MR) is 94.3 cm³/mol. The van der Waals surface area contributed by atoms with Gasteiger partial charge in [-0.15, -0.1) is 0 Å². The first-order valence-electron chi connectivity index (χ1n) is 9.27. The molecule has 2 heterocycles. The van der Waals surface area contributed by atoms with Crippen LogP contribution in [0.15, 0.2) is 18.3 Å². The number of carbonyl (C=O) groups excluding carboxylic acids is 1. The summed E-state index contributed by atoms with van der Waals surface area (Å²) in [6, 6.07) is 4.16. The number of rotatable bonds is 6. The summed E-state index contributed by atoms with van der Waals surface area (Å²) >= 11 is 0. The van der Waals surface area contributed by atoms with Gasteiger partial charge in [-0.25, -0.2) is 9.67 Å². The zero-order valence-electron chi connectivity index (χ0n) is 15.3. The quantitative estimate of drug-likeness (QED) is 0.767. The number of nitrogens with one attached hydrogen (secondary N) is 1. The van der Waals surface area contributed by atoms with Gasteiger partial charge in [-0.05, 0) is 31.2 Å². The number of nitrogens with zero attached hydrogens (tertiary/aromatic N) is 4. The van der Waals surface area contributed by atoms with Crippen LogP contribution in [-0.2, 0) is 6.42 Å². The van der Waals surface area contributed by atoms with Crippen molar-refractivity contribution in [2.24, 2.45) is 5.92 Å². The van der Waals surface area contributed by atoms with Gasteiger partial charge in [-0.1, -0.05) is 0 Å². The minimum atomic E-state index is -4.36. The Hall–Kier alpha value is -2.93. The maximum absolute atomic E-state index is 12.7. The number of hydrogen-bond donors (Lipinski definition) is 2. The highest BCUT2D eigenvalue weighted by Gasteiger charge is 2.50. The molecule has 7 nitrogen and oxygen atoms in total. The molecule has 2 aromatic heterocycles. The van der Waals surface area contributed by atoms with E-state index in [4.69, 9.17) is 5.26 Å². The lowest BCUT2D eigenvalue weighted by atomic mass is 10.1. The van der Waals surface area contributed by atoms with Crippen molar-refractivity contribution >= 4 is 5.91 Å². The molecule has 3 atom stereocenters. The Morgan fingerprint density at radius 3 is 2.97 bits per heavy atom. The Balaban J connectivity index is 1.61. The molecule has 1 saturated carbocycles. The third kappa shape index (κ3) is 3.82. The van der Waals surface area contributed by atoms with Gasteiger partial charge in [0.15, 0.2) is 11.5 Å². The third-order valence-corrected chi connectivity index (χ3v) is 5.40. The number of hydrogen-bond acceptors (Lipinski definition) is 5. The largest absolute Gasteiger partial charge is 0.394 e. The highest BCUT2D eigenvalue weighted by molar-refractivity contribution is 5.94. The van der Waals surface area contributed by atoms with Crippen LogP contribution in [0.25, 0.3) is 5.82 Å². The highest BCUT2D eigenvalue weighted by Crippen LogP contribution is 2.57. The van der Waals surface area contributed by atoms with Crippen LogP contribution < -0.4 is 5.32 Å². The summed E-state index contributed by atoms with van der Waals surface area (Å²) in [6.07, 6.45) is -2.72. The van der Waals surface area contributed by atoms with Gasteiger partial charge in [-0.3, -0.25) is 4.79 Å². The Morgan fingerprint density at radius 1 is 1.48 bits per heavy atom. The van der Waals surface area contributed by atoms with Crippen molar-refractivity contribution in [2.75, 3.05) is 6.61 Å². The molecule has 0 spiro atoms. The average Bonchev–Trinajstić information content (AvgIpc) is 3.19. The van der Waals surface area contributed by atoms with E-state index in [2.05, 4.69) is 15.4 Å². The van der Waals surface area contributed by atoms with E-state index in [9.17, 15) is 23.1 Å². The summed E-state index contributed by atoms with van der Waals surface area (Å²) in [7, 11) is 0. The van der Waals surface area contributed by atoms with Gasteiger partial charge in [0.05, 0.1) is 30.0 Å². The van der Waals surface area contributed by atoms with E-state index >= 15 is 0 Å². The lowest BCUT2D eigenvalue weighted by molar-refractivity contribution is -0.137. The van der Waals surface area contributed by atoms with Gasteiger partial charge in [-0.2, -0.15) is 23.5 Å². The van der Waals surface area contributed by atoms with Crippen LogP contribution in [0.1, 0.15) is 52.5 Å². The van der Waals surface area contributed by atoms with E-state index in [1.54, 1.807) is 16.8 Å². The van der Waals surface area contributed by atoms with Crippen LogP contribution in [0.5, 0.6) is 0 Å². The number of aliphatic hydroxyl groups is 1. The molecule has 10 heteroatoms. The number of nitriles is 1. The SMILES string of the molecule is N#Cc1ccnc(-n2nc(C(=O)N[C@H](CO)CCC(F)(F)F)c3c2[C@H]2C[C@H]2C3)c1. The molecule has 152 valence electrons. The lowest BCUT2D eigenvalue weighted by Gasteiger charge is -2.17. The van der Waals surface area contributed by atoms with Crippen molar-refractivity contribution < 1.29 is 23.1 Å². The van der Waals surface area contributed by atoms with Crippen LogP contribution >= 0.6 is 0 Å². The van der Waals surface area contributed by atoms with Gasteiger partial charge in [0, 0.05) is 30.2 Å². The number of amides is 1. The van der Waals surface area contributed by atoms with Crippen molar-refractivity contribution in [3.05, 3.63) is 40.8 Å². The van der Waals surface area contributed by atoms with Crippen LogP contribution in [0.3, 0.4) is 0 Å². The minimum Gasteiger partial charge on any atom is -0.394 e. The standard InChI is InChI=1S/C19H18F3N5O2/c20-19(21,22)3-1-12(9-28)25-18(29)16-14-7-11-6-13(11)17(14)27(26-16)15-5-10(8-23)2-4-24-15/h2,4-5,11-13,28H,1,3,6-7,9H2,(H,25,29)/t11-,12-,13-/m0/s1. The van der Waals surface area contributed by atoms with Crippen molar-refractivity contribution in [1.82, 2.24) is 20.1 Å². The number of alkyl halides is 3. The summed E-state index contributed by atoms with van der Waals surface area (Å²) in [5.74, 6) is 0.505. The molecule has 2 N–H and O–H groups in total. The molecule has 2 aliphatic carbocycles. The topological polar surface area (TPSA) is 104 Å². The maximum Gasteiger partial charge on any atom is 0.389 e. The van der Waals surface area contributed by atoms with Crippen molar-refractivity contribution in [3.8, 4) is 11.9 Å². The van der Waals surface area contributed by atoms with Crippen LogP contribution in [-0.4, -0.2) is 44.6 Å². The second-order valence-corrected chi connectivity index (χ2v) is 7.45. The fourth-order valence-corrected chi connectivity index (χ4v) is 3.88. The summed E-state index contributed by atoms with van der Waals surface area (Å²) in [5.41, 5.74) is 2.18. The van der Waals surface area contributed by atoms with E-state index in [0.29, 0.717) is 23.7 Å². The first-order valence-corrected chi connectivity index (χ1v) is 9.27. The summed E-state index contributed by atoms with van der Waals surface area (Å²) in [5, 5.41) is 25.3. The maximum atomic E-state index is 12.7. The Bertz CT molecular complexity index is 995. The molecule has 2 aliphatic rings. The number of halogens is 3. The van der Waals surface area contributed by atoms with Gasteiger partial charge in [0.1, 0.15) is 0 Å². The molecule has 0 saturated heterocycles. The molecule has 2 aromatic rings. The first-order chi connectivity index (χ1) is 13.8. The third-order valence-electron chi connectivity index (χ3n) is 5.40. The van der Waals surface area contributed by atoms with E-state index in [0.717, 1.165) is 17.7 Å². The summed E-state index contributed by atoms with van der Waals surface area (Å²) in [6.45, 7) is -0.595. The molecular formula is C19H18F3N5O2. The fourth-order valence-electron chi connectivity index (χ4n) is 3.88. The number of carbonyl (C=O) groups is 1. The Morgan fingerprint density at radius 2 is 2.28 bits per heavy atom. The Labute approximate surface area is 164 Å². The second kappa shape index (κ2) is 7.15. The zero-order chi connectivity index (χ0) is 20.8. The number of pyridine rings is 1. The normalized spacial score (nSPS) is 20.5. The van der Waals surface area contributed by atoms with Gasteiger partial charge in [0.2, 0.25) is 0 Å². The predicted octanol–water partition coefficient (Wildman–Crippen LogP) is 2.23. The van der Waals surface area contributed by atoms with Crippen LogP contribution in [0.4, 0.5) is 13.2 Å². The molecule has 29 heavy (non-hydrogen) atoms. The minimum absolute atomic E-state index is 0.141. The molecule has 0 unspecified atom stereocenters. The van der Waals surface area contributed by atoms with Gasteiger partial charge >= 0.3 is 6.18 Å². The van der Waals surface area contributed by atoms with Crippen molar-refractivity contribution in [1.29, 1.82) is 5.26 Å². The van der Waals surface area contributed by atoms with E-state index in [-0.39, 0.29) is 11.6 Å². The highest BCUT2D eigenvalue weighted by atomic mass is 19.4. The van der Waals surface area contributed by atoms with Crippen molar-refractivity contribution in [2.45, 2.75) is 43.8 Å². The molecule has 0 aliphatic heterocycles. The summed E-state index contributed by atoms with van der Waals surface area (Å²) in [4.78, 5) is 17.0. The first kappa shape index (κ1) is 19.4. The van der Waals surface area contributed by atoms with Gasteiger partial charge in [0.25, 0.3) is 5.91 Å². The zero-order valence-corrected chi connectivity index (χ0v) is 15.3. The fraction of sp³-hybridized carbons (Fsp3) is 0.474. The molecule has 0 bridgehead atoms. The smallest absolute Gasteiger partial charge is 0.389 e. The molecular weight excluding hydrogens is 387 g/mol.